The Hall–Kier alpha value is -3.75. The molecule has 4 aromatic rings. The van der Waals surface area contributed by atoms with Gasteiger partial charge >= 0.3 is 0 Å². The maximum atomic E-state index is 13.4. The first-order valence-corrected chi connectivity index (χ1v) is 12.6. The Labute approximate surface area is 224 Å². The maximum absolute atomic E-state index is 13.4. The minimum atomic E-state index is -0.385. The molecule has 1 aliphatic heterocycles. The third-order valence-corrected chi connectivity index (χ3v) is 6.79. The number of aromatic nitrogens is 1. The van der Waals surface area contributed by atoms with Gasteiger partial charge in [0.1, 0.15) is 23.4 Å². The molecule has 9 heteroatoms. The number of furan rings is 1. The Morgan fingerprint density at radius 2 is 1.92 bits per heavy atom. The van der Waals surface area contributed by atoms with Crippen LogP contribution in [0.5, 0.6) is 0 Å². The van der Waals surface area contributed by atoms with Crippen molar-refractivity contribution in [3.8, 4) is 11.3 Å². The molecule has 37 heavy (non-hydrogen) atoms. The normalized spacial score (nSPS) is 17.2. The molecule has 0 radical (unpaired) electrons. The van der Waals surface area contributed by atoms with E-state index in [1.54, 1.807) is 30.5 Å². The van der Waals surface area contributed by atoms with E-state index in [2.05, 4.69) is 15.6 Å². The largest absolute Gasteiger partial charge is 0.459 e. The standard InChI is InChI=1S/C28H24ClFN4O2S/c1-16(2)27(35)32-21-11-10-19(15-20(21)29)34-26(25(33-28(34)37)22-5-3-4-14-31-22)24-13-12-23(36-24)17-6-8-18(30)9-7-17/h3-16,25-26H,1-2H3,(H,32,35)(H,33,37). The van der Waals surface area contributed by atoms with Gasteiger partial charge in [-0.2, -0.15) is 0 Å². The van der Waals surface area contributed by atoms with Crippen LogP contribution in [0.4, 0.5) is 15.8 Å². The fourth-order valence-electron chi connectivity index (χ4n) is 4.24. The predicted octanol–water partition coefficient (Wildman–Crippen LogP) is 6.91. The highest BCUT2D eigenvalue weighted by molar-refractivity contribution is 7.80. The van der Waals surface area contributed by atoms with Crippen LogP contribution in [0, 0.1) is 11.7 Å². The van der Waals surface area contributed by atoms with E-state index in [-0.39, 0.29) is 29.7 Å². The number of nitrogens with zero attached hydrogens (tertiary/aromatic N) is 2. The van der Waals surface area contributed by atoms with Crippen molar-refractivity contribution in [2.75, 3.05) is 10.2 Å². The first kappa shape index (κ1) is 24.9. The lowest BCUT2D eigenvalue weighted by molar-refractivity contribution is -0.118. The van der Waals surface area contributed by atoms with Crippen LogP contribution in [0.1, 0.15) is 37.4 Å². The molecule has 5 rings (SSSR count). The SMILES string of the molecule is CC(C)C(=O)Nc1ccc(N2C(=S)NC(c3ccccn3)C2c2ccc(-c3ccc(F)cc3)o2)cc1Cl. The lowest BCUT2D eigenvalue weighted by Crippen LogP contribution is -2.29. The van der Waals surface area contributed by atoms with Gasteiger partial charge in [0, 0.05) is 23.4 Å². The summed E-state index contributed by atoms with van der Waals surface area (Å²) < 4.78 is 19.7. The van der Waals surface area contributed by atoms with E-state index >= 15 is 0 Å². The Bertz CT molecular complexity index is 1440. The summed E-state index contributed by atoms with van der Waals surface area (Å²) in [5, 5.41) is 7.10. The number of anilines is 2. The van der Waals surface area contributed by atoms with E-state index in [0.29, 0.717) is 27.3 Å². The molecule has 1 amide bonds. The molecule has 1 fully saturated rings. The van der Waals surface area contributed by atoms with Gasteiger partial charge in [-0.25, -0.2) is 4.39 Å². The smallest absolute Gasteiger partial charge is 0.226 e. The number of hydrogen-bond donors (Lipinski definition) is 2. The van der Waals surface area contributed by atoms with Crippen molar-refractivity contribution in [1.29, 1.82) is 0 Å². The summed E-state index contributed by atoms with van der Waals surface area (Å²) in [7, 11) is 0. The van der Waals surface area contributed by atoms with Gasteiger partial charge in [-0.1, -0.05) is 31.5 Å². The highest BCUT2D eigenvalue weighted by Crippen LogP contribution is 2.44. The molecule has 3 heterocycles. The summed E-state index contributed by atoms with van der Waals surface area (Å²) in [5.74, 6) is 0.647. The van der Waals surface area contributed by atoms with Crippen molar-refractivity contribution in [2.45, 2.75) is 25.9 Å². The van der Waals surface area contributed by atoms with Gasteiger partial charge in [-0.15, -0.1) is 0 Å². The zero-order valence-electron chi connectivity index (χ0n) is 20.1. The van der Waals surface area contributed by atoms with Crippen LogP contribution in [-0.2, 0) is 4.79 Å². The van der Waals surface area contributed by atoms with E-state index < -0.39 is 0 Å². The van der Waals surface area contributed by atoms with Gasteiger partial charge < -0.3 is 20.0 Å². The summed E-state index contributed by atoms with van der Waals surface area (Å²) in [5.41, 5.74) is 2.81. The van der Waals surface area contributed by atoms with Crippen LogP contribution < -0.4 is 15.5 Å². The third kappa shape index (κ3) is 5.08. The molecule has 188 valence electrons. The fourth-order valence-corrected chi connectivity index (χ4v) is 4.80. The second-order valence-electron chi connectivity index (χ2n) is 9.01. The molecule has 0 spiro atoms. The summed E-state index contributed by atoms with van der Waals surface area (Å²) >= 11 is 12.3. The second kappa shape index (κ2) is 10.3. The number of nitrogens with one attached hydrogen (secondary N) is 2. The molecule has 2 unspecified atom stereocenters. The molecule has 1 aliphatic rings. The number of rotatable bonds is 6. The van der Waals surface area contributed by atoms with Crippen LogP contribution in [0.15, 0.2) is 83.4 Å². The van der Waals surface area contributed by atoms with Crippen molar-refractivity contribution < 1.29 is 13.6 Å². The Morgan fingerprint density at radius 3 is 2.59 bits per heavy atom. The molecule has 2 N–H and O–H groups in total. The minimum Gasteiger partial charge on any atom is -0.459 e. The fraction of sp³-hybridized carbons (Fsp3) is 0.179. The Morgan fingerprint density at radius 1 is 1.14 bits per heavy atom. The van der Waals surface area contributed by atoms with Crippen LogP contribution in [0.3, 0.4) is 0 Å². The third-order valence-electron chi connectivity index (χ3n) is 6.16. The number of hydrogen-bond acceptors (Lipinski definition) is 4. The molecule has 0 aliphatic carbocycles. The van der Waals surface area contributed by atoms with Crippen molar-refractivity contribution in [1.82, 2.24) is 10.3 Å². The summed E-state index contributed by atoms with van der Waals surface area (Å²) in [6.45, 7) is 3.63. The highest BCUT2D eigenvalue weighted by Gasteiger charge is 2.42. The number of benzene rings is 2. The van der Waals surface area contributed by atoms with Gasteiger partial charge in [0.2, 0.25) is 5.91 Å². The Kier molecular flexibility index (Phi) is 6.95. The average molecular weight is 535 g/mol. The van der Waals surface area contributed by atoms with Crippen molar-refractivity contribution in [3.05, 3.63) is 101 Å². The van der Waals surface area contributed by atoms with E-state index in [0.717, 1.165) is 16.9 Å². The molecule has 2 atom stereocenters. The van der Waals surface area contributed by atoms with Crippen molar-refractivity contribution >= 4 is 46.2 Å². The second-order valence-corrected chi connectivity index (χ2v) is 9.81. The van der Waals surface area contributed by atoms with Crippen molar-refractivity contribution in [2.24, 2.45) is 5.92 Å². The highest BCUT2D eigenvalue weighted by atomic mass is 35.5. The molecular formula is C28H24ClFN4O2S. The van der Waals surface area contributed by atoms with Crippen LogP contribution in [-0.4, -0.2) is 16.0 Å². The lowest BCUT2D eigenvalue weighted by Gasteiger charge is -2.26. The predicted molar refractivity (Wildman–Crippen MR) is 147 cm³/mol. The molecule has 1 saturated heterocycles. The molecule has 2 aromatic heterocycles. The number of carbonyl (C=O) groups excluding carboxylic acids is 1. The molecule has 0 bridgehead atoms. The Balaban J connectivity index is 1.54. The van der Waals surface area contributed by atoms with Crippen LogP contribution >= 0.6 is 23.8 Å². The molecular weight excluding hydrogens is 511 g/mol. The van der Waals surface area contributed by atoms with E-state index in [4.69, 9.17) is 28.2 Å². The quantitative estimate of drug-likeness (QED) is 0.262. The maximum Gasteiger partial charge on any atom is 0.226 e. The average Bonchev–Trinajstić information content (AvgIpc) is 3.51. The molecule has 2 aromatic carbocycles. The van der Waals surface area contributed by atoms with Crippen LogP contribution in [0.2, 0.25) is 5.02 Å². The number of thiocarbonyl (C=S) groups is 1. The van der Waals surface area contributed by atoms with Gasteiger partial charge in [0.05, 0.1) is 22.4 Å². The van der Waals surface area contributed by atoms with Gasteiger partial charge in [-0.05, 0) is 78.9 Å². The number of halogens is 2. The lowest BCUT2D eigenvalue weighted by atomic mass is 10.0. The molecule has 6 nitrogen and oxygen atoms in total. The first-order valence-electron chi connectivity index (χ1n) is 11.8. The molecule has 0 saturated carbocycles. The topological polar surface area (TPSA) is 70.4 Å². The summed E-state index contributed by atoms with van der Waals surface area (Å²) in [4.78, 5) is 18.7. The monoisotopic (exact) mass is 534 g/mol. The summed E-state index contributed by atoms with van der Waals surface area (Å²) in [6.07, 6.45) is 1.73. The zero-order chi connectivity index (χ0) is 26.1. The zero-order valence-corrected chi connectivity index (χ0v) is 21.7. The van der Waals surface area contributed by atoms with Crippen LogP contribution in [0.25, 0.3) is 11.3 Å². The van der Waals surface area contributed by atoms with E-state index in [9.17, 15) is 9.18 Å². The number of pyridine rings is 1. The minimum absolute atomic E-state index is 0.120. The number of carbonyl (C=O) groups is 1. The summed E-state index contributed by atoms with van der Waals surface area (Å²) in [6, 6.07) is 20.3. The van der Waals surface area contributed by atoms with E-state index in [1.807, 2.05) is 55.1 Å². The van der Waals surface area contributed by atoms with Crippen molar-refractivity contribution in [3.63, 3.8) is 0 Å². The number of amides is 1. The van der Waals surface area contributed by atoms with Gasteiger partial charge in [-0.3, -0.25) is 9.78 Å². The van der Waals surface area contributed by atoms with Gasteiger partial charge in [0.15, 0.2) is 5.11 Å². The first-order chi connectivity index (χ1) is 17.8. The van der Waals surface area contributed by atoms with E-state index in [1.165, 1.54) is 12.1 Å². The van der Waals surface area contributed by atoms with Gasteiger partial charge in [0.25, 0.3) is 0 Å².